The van der Waals surface area contributed by atoms with Crippen molar-refractivity contribution in [3.05, 3.63) is 70.9 Å². The van der Waals surface area contributed by atoms with E-state index in [1.807, 2.05) is 96.2 Å². The van der Waals surface area contributed by atoms with Gasteiger partial charge in [-0.05, 0) is 153 Å². The maximum Gasteiger partial charge on any atom is 0.328 e. The van der Waals surface area contributed by atoms with Crippen molar-refractivity contribution in [2.75, 3.05) is 173 Å². The lowest BCUT2D eigenvalue weighted by molar-refractivity contribution is -0.203. The SMILES string of the molecule is CCC(CO)OC(CO)OC.CCC(CO)OC(COC(=O)CCC(=O)NCCCNC(=O)CCC(C)(C)SSC)OC.CCC(CO)OC(COC(=O)CCC(=O)O)OC.CCC(CO)OC(COC(=O)CCCC(=O)NC(C)C(=O)OCCCNC(=O)[C@]1(O)C2N(C)c3cc(OC)c([C@@]4(C(=O)OC)CC5CN(CCc6c4[nH]c4ccccc64)CC(O)(CC)C5)cc3C23CCN2CC=C[C@](CC)(C23)[C@H]1O)OC. The highest BCUT2D eigenvalue weighted by Gasteiger charge is 2.79. The number of aromatic nitrogens is 1. The number of carbonyl (C=O) groups excluding carboxylic acids is 9. The Hall–Kier alpha value is -8.00. The number of carboxylic acids is 1. The van der Waals surface area contributed by atoms with Crippen LogP contribution < -0.4 is 30.9 Å². The molecule has 2 saturated heterocycles. The summed E-state index contributed by atoms with van der Waals surface area (Å²) in [6.07, 6.45) is 6.76. The summed E-state index contributed by atoms with van der Waals surface area (Å²) in [7, 11) is 13.9. The van der Waals surface area contributed by atoms with E-state index in [0.717, 1.165) is 28.5 Å². The van der Waals surface area contributed by atoms with Crippen LogP contribution in [0.3, 0.4) is 0 Å². The predicted molar refractivity (Wildman–Crippen MR) is 532 cm³/mol. The summed E-state index contributed by atoms with van der Waals surface area (Å²) < 4.78 is 74.4. The van der Waals surface area contributed by atoms with Gasteiger partial charge in [-0.1, -0.05) is 93.5 Å². The number of ether oxygens (including phenoxy) is 14. The zero-order valence-electron chi connectivity index (χ0n) is 86.5. The van der Waals surface area contributed by atoms with Crippen LogP contribution in [0, 0.1) is 11.3 Å². The molecule has 3 aromatic rings. The van der Waals surface area contributed by atoms with E-state index in [4.69, 9.17) is 91.8 Å². The molecule has 19 atom stereocenters. The summed E-state index contributed by atoms with van der Waals surface area (Å²) in [6, 6.07) is 9.63. The van der Waals surface area contributed by atoms with Crippen molar-refractivity contribution in [2.45, 2.75) is 298 Å². The van der Waals surface area contributed by atoms with Crippen LogP contribution in [-0.2, 0) is 127 Å². The third-order valence-electron chi connectivity index (χ3n) is 27.3. The van der Waals surface area contributed by atoms with Gasteiger partial charge >= 0.3 is 35.8 Å². The largest absolute Gasteiger partial charge is 0.496 e. The molecule has 3 fully saturated rings. The number of piperidine rings is 1. The van der Waals surface area contributed by atoms with Gasteiger partial charge in [0.05, 0.1) is 109 Å². The molecule has 2 aromatic carbocycles. The summed E-state index contributed by atoms with van der Waals surface area (Å²) in [4.78, 5) is 136. The number of esters is 5. The number of aliphatic hydroxyl groups excluding tert-OH is 6. The van der Waals surface area contributed by atoms with Crippen LogP contribution in [0.2, 0.25) is 0 Å². The molecule has 9 rings (SSSR count). The zero-order valence-corrected chi connectivity index (χ0v) is 88.1. The molecule has 1 spiro atoms. The molecule has 812 valence electrons. The third kappa shape index (κ3) is 33.8. The Morgan fingerprint density at radius 2 is 1.15 bits per heavy atom. The number of likely N-dealkylation sites (N-methyl/N-ethyl adjacent to an activating group) is 1. The number of para-hydroxylation sites is 1. The highest BCUT2D eigenvalue weighted by atomic mass is 33.1. The van der Waals surface area contributed by atoms with Gasteiger partial charge in [0.15, 0.2) is 30.8 Å². The molecular weight excluding hydrogens is 1910 g/mol. The van der Waals surface area contributed by atoms with E-state index < -0.39 is 125 Å². The number of fused-ring (bicyclic) bond motifs is 6. The highest BCUT2D eigenvalue weighted by molar-refractivity contribution is 8.76. The lowest BCUT2D eigenvalue weighted by Gasteiger charge is -2.63. The van der Waals surface area contributed by atoms with Crippen LogP contribution in [0.15, 0.2) is 48.6 Å². The van der Waals surface area contributed by atoms with Crippen LogP contribution in [0.4, 0.5) is 5.69 Å². The number of rotatable bonds is 58. The fraction of sp³-hybridized carbons (Fsp3) is 0.740. The van der Waals surface area contributed by atoms with Gasteiger partial charge in [-0.25, -0.2) is 4.79 Å². The maximum atomic E-state index is 15.5. The van der Waals surface area contributed by atoms with Gasteiger partial charge in [0.2, 0.25) is 17.7 Å². The molecule has 43 heteroatoms. The van der Waals surface area contributed by atoms with Gasteiger partial charge < -0.3 is 143 Å². The van der Waals surface area contributed by atoms with Gasteiger partial charge in [-0.3, -0.25) is 53.0 Å². The molecule has 15 unspecified atom stereocenters. The standard InChI is InChI=1S/C61H86N6O15.C21H40N2O7S2.C11H20O7.C7H16O4/c1-9-39(34-68)82-49(78-7)35-81-48(70)20-14-19-47(69)63-37(4)51(71)80-28-16-24-62-55(73)61(76)53-59(23-27-67-25-15-22-58(11-3,52(59)67)54(61)72)42-29-43(46(77-6)30-45(42)65(53)5)60(56(74)79-8)32-38-31-57(75,10-2)36-66(33-38)26-21-41-40-17-12-13-18-44(40)64-50(41)60;1-6-16(14-24)30-20(28-4)15-29-19(27)9-8-17(25)22-12-7-13-23-18(26)10-11-21(2,3)32-31-5;1-3-8(6-12)18-11(16-2)7-17-10(15)5-4-9(13)14;1-3-6(4-8)11-7(5-9)10-2/h12-13,15,17-18,22,29-30,37-39,49,52-54,64,68,72,75-76H,9-11,14,16,19-21,23-28,31-36H2,1-8H3,(H,62,73)(H,63,69);16,20,24H,6-15H2,1-5H3,(H,22,25)(H,23,26);8,11-12H,3-7H2,1-2H3,(H,13,14);6-9H,3-5H2,1-2H3/t37?,38?,39?,49?,52?,53?,54-,57?,58-,59?,60+,61+;;;/m1.../s1. The number of hydrogen-bond donors (Lipinski definition) is 14. The smallest absolute Gasteiger partial charge is 0.328 e. The minimum absolute atomic E-state index is 0.0106. The Labute approximate surface area is 848 Å². The first-order valence-corrected chi connectivity index (χ1v) is 52.2. The summed E-state index contributed by atoms with van der Waals surface area (Å²) in [5.41, 5.74) is -2.33. The average Bonchev–Trinajstić information content (AvgIpc) is 1.48. The number of hydrogen-bond acceptors (Lipinski definition) is 37. The fourth-order valence-corrected chi connectivity index (χ4v) is 21.9. The van der Waals surface area contributed by atoms with Gasteiger partial charge in [0.1, 0.15) is 43.1 Å². The molecule has 1 aromatic heterocycles. The van der Waals surface area contributed by atoms with E-state index in [1.165, 1.54) is 42.5 Å². The van der Waals surface area contributed by atoms with Crippen LogP contribution in [0.25, 0.3) is 10.9 Å². The number of H-pyrrole nitrogens is 1. The Kier molecular flexibility index (Phi) is 52.8. The first-order chi connectivity index (χ1) is 68.3. The minimum Gasteiger partial charge on any atom is -0.496 e. The summed E-state index contributed by atoms with van der Waals surface area (Å²) in [5.74, 6) is -5.21. The second kappa shape index (κ2) is 61.1. The second-order valence-electron chi connectivity index (χ2n) is 37.3. The number of methoxy groups -OCH3 is 6. The monoisotopic (exact) mass is 2070 g/mol. The van der Waals surface area contributed by atoms with Crippen molar-refractivity contribution >= 4 is 97.6 Å². The Morgan fingerprint density at radius 1 is 0.608 bits per heavy atom. The summed E-state index contributed by atoms with van der Waals surface area (Å²) in [5, 5.41) is 104. The molecule has 6 aliphatic rings. The molecular formula is C100H162N8O33S2. The number of aliphatic carboxylic acids is 1. The molecule has 2 bridgehead atoms. The summed E-state index contributed by atoms with van der Waals surface area (Å²) >= 11 is 0. The molecule has 1 aliphatic carbocycles. The number of carboxylic acid groups (broad SMARTS) is 1. The first kappa shape index (κ1) is 124. The topological polar surface area (TPSA) is 556 Å². The number of nitrogens with one attached hydrogen (secondary N) is 5. The molecule has 0 radical (unpaired) electrons. The summed E-state index contributed by atoms with van der Waals surface area (Å²) in [6.45, 7) is 19.8. The second-order valence-corrected chi connectivity index (χ2v) is 40.4. The van der Waals surface area contributed by atoms with Crippen LogP contribution in [0.1, 0.15) is 213 Å². The van der Waals surface area contributed by atoms with E-state index >= 15 is 9.59 Å². The quantitative estimate of drug-likeness (QED) is 0.00836. The molecule has 1 saturated carbocycles. The van der Waals surface area contributed by atoms with Crippen molar-refractivity contribution in [1.82, 2.24) is 36.1 Å². The number of benzene rings is 2. The van der Waals surface area contributed by atoms with Gasteiger partial charge in [-0.15, -0.1) is 0 Å². The number of anilines is 1. The molecule has 4 amide bonds. The molecule has 14 N–H and O–H groups in total. The van der Waals surface area contributed by atoms with Crippen molar-refractivity contribution in [1.29, 1.82) is 0 Å². The average molecular weight is 2070 g/mol. The van der Waals surface area contributed by atoms with Gasteiger partial charge in [0, 0.05) is 163 Å². The molecule has 143 heavy (non-hydrogen) atoms. The van der Waals surface area contributed by atoms with Crippen LogP contribution in [0.5, 0.6) is 5.75 Å². The van der Waals surface area contributed by atoms with Crippen molar-refractivity contribution in [3.63, 3.8) is 0 Å². The maximum absolute atomic E-state index is 15.5. The van der Waals surface area contributed by atoms with Gasteiger partial charge in [-0.2, -0.15) is 0 Å². The van der Waals surface area contributed by atoms with E-state index in [9.17, 15) is 58.8 Å². The number of aliphatic hydroxyl groups is 8. The van der Waals surface area contributed by atoms with Gasteiger partial charge in [0.25, 0.3) is 5.91 Å². The number of nitrogens with zero attached hydrogens (tertiary/aromatic N) is 3. The van der Waals surface area contributed by atoms with Crippen LogP contribution in [-0.4, -0.2) is 378 Å². The lowest BCUT2D eigenvalue weighted by atomic mass is 9.47. The molecule has 6 heterocycles. The molecule has 41 nitrogen and oxygen atoms in total. The molecule has 5 aliphatic heterocycles. The predicted octanol–water partition coefficient (Wildman–Crippen LogP) is 5.43. The van der Waals surface area contributed by atoms with Crippen molar-refractivity contribution in [3.8, 4) is 5.75 Å². The third-order valence-corrected chi connectivity index (χ3v) is 30.0. The Morgan fingerprint density at radius 3 is 1.67 bits per heavy atom. The van der Waals surface area contributed by atoms with E-state index in [-0.39, 0.29) is 171 Å². The van der Waals surface area contributed by atoms with E-state index in [1.54, 1.807) is 28.7 Å². The minimum atomic E-state index is -2.42. The normalized spacial score (nSPS) is 23.8. The van der Waals surface area contributed by atoms with E-state index in [2.05, 4.69) is 62.0 Å². The lowest BCUT2D eigenvalue weighted by Crippen LogP contribution is -2.81. The number of amides is 4. The number of aromatic amines is 1. The van der Waals surface area contributed by atoms with Crippen molar-refractivity contribution in [2.24, 2.45) is 11.3 Å². The first-order valence-electron chi connectivity index (χ1n) is 49.6. The fourth-order valence-electron chi connectivity index (χ4n) is 19.6. The van der Waals surface area contributed by atoms with Crippen LogP contribution >= 0.6 is 21.6 Å². The highest BCUT2D eigenvalue weighted by Crippen LogP contribution is 2.68. The van der Waals surface area contributed by atoms with E-state index in [0.29, 0.717) is 139 Å². The Balaban J connectivity index is 0.000000416. The Bertz CT molecular complexity index is 4470. The van der Waals surface area contributed by atoms with Crippen molar-refractivity contribution < 1.29 is 160 Å². The zero-order chi connectivity index (χ0) is 106. The number of carbonyl (C=O) groups is 10.